The molecule has 0 bridgehead atoms. The summed E-state index contributed by atoms with van der Waals surface area (Å²) >= 11 is 3.47. The first-order valence-electron chi connectivity index (χ1n) is 5.80. The number of halogens is 1. The van der Waals surface area contributed by atoms with E-state index in [0.29, 0.717) is 0 Å². The molecule has 1 fully saturated rings. The molecular formula is C13H17BrO3. The van der Waals surface area contributed by atoms with Crippen molar-refractivity contribution in [1.29, 1.82) is 0 Å². The number of alkyl halides is 1. The maximum atomic E-state index is 6.03. The van der Waals surface area contributed by atoms with E-state index in [9.17, 15) is 0 Å². The van der Waals surface area contributed by atoms with E-state index in [4.69, 9.17) is 14.2 Å². The van der Waals surface area contributed by atoms with Crippen molar-refractivity contribution in [1.82, 2.24) is 0 Å². The third-order valence-corrected chi connectivity index (χ3v) is 3.48. The molecule has 0 N–H and O–H groups in total. The molecule has 1 saturated heterocycles. The average molecular weight is 301 g/mol. The van der Waals surface area contributed by atoms with E-state index < -0.39 is 0 Å². The Bertz CT molecular complexity index is 362. The van der Waals surface area contributed by atoms with Crippen LogP contribution in [0, 0.1) is 0 Å². The number of benzene rings is 1. The predicted molar refractivity (Wildman–Crippen MR) is 70.1 cm³/mol. The molecule has 1 heterocycles. The summed E-state index contributed by atoms with van der Waals surface area (Å²) in [4.78, 5) is 0. The molecule has 1 aliphatic heterocycles. The van der Waals surface area contributed by atoms with Crippen LogP contribution >= 0.6 is 15.9 Å². The fourth-order valence-electron chi connectivity index (χ4n) is 1.86. The fourth-order valence-corrected chi connectivity index (χ4v) is 2.32. The van der Waals surface area contributed by atoms with Gasteiger partial charge >= 0.3 is 0 Å². The van der Waals surface area contributed by atoms with Crippen molar-refractivity contribution in [2.45, 2.75) is 24.3 Å². The van der Waals surface area contributed by atoms with Crippen LogP contribution in [0.15, 0.2) is 18.2 Å². The van der Waals surface area contributed by atoms with Crippen molar-refractivity contribution in [3.05, 3.63) is 23.8 Å². The molecule has 17 heavy (non-hydrogen) atoms. The van der Waals surface area contributed by atoms with Crippen molar-refractivity contribution in [2.24, 2.45) is 0 Å². The molecule has 0 atom stereocenters. The Morgan fingerprint density at radius 1 is 1.35 bits per heavy atom. The van der Waals surface area contributed by atoms with Gasteiger partial charge in [0.05, 0.1) is 20.3 Å². The zero-order valence-corrected chi connectivity index (χ0v) is 11.5. The Morgan fingerprint density at radius 2 is 2.12 bits per heavy atom. The number of hydrogen-bond acceptors (Lipinski definition) is 3. The molecule has 94 valence electrons. The number of hydrogen-bond donors (Lipinski definition) is 0. The maximum Gasteiger partial charge on any atom is 0.127 e. The summed E-state index contributed by atoms with van der Waals surface area (Å²) in [6.45, 7) is 1.58. The van der Waals surface area contributed by atoms with Crippen LogP contribution in [0.3, 0.4) is 0 Å². The molecule has 1 aliphatic rings. The Labute approximate surface area is 110 Å². The summed E-state index contributed by atoms with van der Waals surface area (Å²) in [5.41, 5.74) is 1.15. The highest BCUT2D eigenvalue weighted by Crippen LogP contribution is 2.28. The lowest BCUT2D eigenvalue weighted by molar-refractivity contribution is 0.0252. The number of rotatable bonds is 4. The Morgan fingerprint density at radius 3 is 2.76 bits per heavy atom. The summed E-state index contributed by atoms with van der Waals surface area (Å²) in [6.07, 6.45) is 2.17. The highest BCUT2D eigenvalue weighted by molar-refractivity contribution is 9.08. The lowest BCUT2D eigenvalue weighted by Gasteiger charge is -2.24. The quantitative estimate of drug-likeness (QED) is 0.800. The first kappa shape index (κ1) is 12.7. The van der Waals surface area contributed by atoms with Gasteiger partial charge in [0, 0.05) is 29.8 Å². The normalized spacial score (nSPS) is 16.8. The van der Waals surface area contributed by atoms with E-state index in [0.717, 1.165) is 48.4 Å². The average Bonchev–Trinajstić information content (AvgIpc) is 2.40. The van der Waals surface area contributed by atoms with Gasteiger partial charge < -0.3 is 14.2 Å². The lowest BCUT2D eigenvalue weighted by atomic mass is 10.1. The monoisotopic (exact) mass is 300 g/mol. The summed E-state index contributed by atoms with van der Waals surface area (Å²) in [7, 11) is 1.67. The van der Waals surface area contributed by atoms with Gasteiger partial charge in [-0.15, -0.1) is 0 Å². The topological polar surface area (TPSA) is 27.7 Å². The highest BCUT2D eigenvalue weighted by Gasteiger charge is 2.17. The first-order chi connectivity index (χ1) is 8.33. The summed E-state index contributed by atoms with van der Waals surface area (Å²) < 4.78 is 16.6. The van der Waals surface area contributed by atoms with Crippen molar-refractivity contribution in [2.75, 3.05) is 20.3 Å². The number of methoxy groups -OCH3 is 1. The van der Waals surface area contributed by atoms with E-state index in [1.54, 1.807) is 7.11 Å². The van der Waals surface area contributed by atoms with Crippen molar-refractivity contribution in [3.8, 4) is 11.5 Å². The lowest BCUT2D eigenvalue weighted by Crippen LogP contribution is -2.26. The molecule has 0 saturated carbocycles. The molecule has 1 aromatic rings. The van der Waals surface area contributed by atoms with Gasteiger partial charge in [0.25, 0.3) is 0 Å². The molecule has 4 heteroatoms. The first-order valence-corrected chi connectivity index (χ1v) is 6.93. The molecule has 0 spiro atoms. The van der Waals surface area contributed by atoms with E-state index in [-0.39, 0.29) is 6.10 Å². The molecule has 2 rings (SSSR count). The third kappa shape index (κ3) is 3.36. The van der Waals surface area contributed by atoms with Gasteiger partial charge in [0.15, 0.2) is 0 Å². The minimum atomic E-state index is 0.258. The largest absolute Gasteiger partial charge is 0.497 e. The predicted octanol–water partition coefficient (Wildman–Crippen LogP) is 3.15. The second-order valence-electron chi connectivity index (χ2n) is 4.04. The van der Waals surface area contributed by atoms with Crippen LogP contribution < -0.4 is 9.47 Å². The minimum absolute atomic E-state index is 0.258. The minimum Gasteiger partial charge on any atom is -0.497 e. The Kier molecular flexibility index (Phi) is 4.68. The summed E-state index contributed by atoms with van der Waals surface area (Å²) in [6, 6.07) is 5.93. The van der Waals surface area contributed by atoms with E-state index in [2.05, 4.69) is 15.9 Å². The second-order valence-corrected chi connectivity index (χ2v) is 4.60. The van der Waals surface area contributed by atoms with Crippen LogP contribution in [0.2, 0.25) is 0 Å². The van der Waals surface area contributed by atoms with Crippen molar-refractivity contribution < 1.29 is 14.2 Å². The zero-order valence-electron chi connectivity index (χ0n) is 9.95. The van der Waals surface area contributed by atoms with Gasteiger partial charge in [-0.25, -0.2) is 0 Å². The van der Waals surface area contributed by atoms with Crippen LogP contribution in [0.25, 0.3) is 0 Å². The van der Waals surface area contributed by atoms with E-state index in [1.165, 1.54) is 0 Å². The van der Waals surface area contributed by atoms with Crippen molar-refractivity contribution >= 4 is 15.9 Å². The number of ether oxygens (including phenoxy) is 3. The van der Waals surface area contributed by atoms with Gasteiger partial charge in [-0.2, -0.15) is 0 Å². The van der Waals surface area contributed by atoms with Crippen LogP contribution in [-0.4, -0.2) is 26.4 Å². The van der Waals surface area contributed by atoms with Gasteiger partial charge in [0.2, 0.25) is 0 Å². The van der Waals surface area contributed by atoms with Crippen LogP contribution in [0.5, 0.6) is 11.5 Å². The molecule has 3 nitrogen and oxygen atoms in total. The molecule has 0 aromatic heterocycles. The second kappa shape index (κ2) is 6.26. The molecule has 0 amide bonds. The van der Waals surface area contributed by atoms with Crippen LogP contribution in [-0.2, 0) is 10.1 Å². The van der Waals surface area contributed by atoms with Gasteiger partial charge in [-0.1, -0.05) is 22.0 Å². The highest BCUT2D eigenvalue weighted by atomic mass is 79.9. The standard InChI is InChI=1S/C13H17BrO3/c1-15-12-3-2-10(9-14)13(8-12)17-11-4-6-16-7-5-11/h2-3,8,11H,4-7,9H2,1H3. The fraction of sp³-hybridized carbons (Fsp3) is 0.538. The third-order valence-electron chi connectivity index (χ3n) is 2.88. The van der Waals surface area contributed by atoms with Crippen LogP contribution in [0.1, 0.15) is 18.4 Å². The van der Waals surface area contributed by atoms with E-state index in [1.807, 2.05) is 18.2 Å². The Hall–Kier alpha value is -0.740. The zero-order chi connectivity index (χ0) is 12.1. The summed E-state index contributed by atoms with van der Waals surface area (Å²) in [5.74, 6) is 1.74. The van der Waals surface area contributed by atoms with E-state index >= 15 is 0 Å². The molecule has 0 unspecified atom stereocenters. The van der Waals surface area contributed by atoms with Crippen LogP contribution in [0.4, 0.5) is 0 Å². The molecule has 0 radical (unpaired) electrons. The van der Waals surface area contributed by atoms with Gasteiger partial charge in [-0.3, -0.25) is 0 Å². The van der Waals surface area contributed by atoms with Crippen molar-refractivity contribution in [3.63, 3.8) is 0 Å². The smallest absolute Gasteiger partial charge is 0.127 e. The SMILES string of the molecule is COc1ccc(CBr)c(OC2CCOCC2)c1. The molecule has 0 aliphatic carbocycles. The summed E-state index contributed by atoms with van der Waals surface area (Å²) in [5, 5.41) is 0.787. The molecule has 1 aromatic carbocycles. The van der Waals surface area contributed by atoms with Gasteiger partial charge in [-0.05, 0) is 6.07 Å². The van der Waals surface area contributed by atoms with Gasteiger partial charge in [0.1, 0.15) is 17.6 Å². The molecular weight excluding hydrogens is 284 g/mol. The Balaban J connectivity index is 2.11. The maximum absolute atomic E-state index is 6.03.